The van der Waals surface area contributed by atoms with Crippen molar-refractivity contribution in [2.75, 3.05) is 23.5 Å². The second-order valence-corrected chi connectivity index (χ2v) is 7.84. The Labute approximate surface area is 140 Å². The highest BCUT2D eigenvalue weighted by Crippen LogP contribution is 2.35. The van der Waals surface area contributed by atoms with Gasteiger partial charge in [-0.1, -0.05) is 0 Å². The monoisotopic (exact) mass is 360 g/mol. The number of fused-ring (bicyclic) bond motifs is 1. The van der Waals surface area contributed by atoms with Gasteiger partial charge in [-0.05, 0) is 24.8 Å². The minimum absolute atomic E-state index is 0.218. The number of hydrogen-bond donors (Lipinski definition) is 1. The molecule has 0 aliphatic heterocycles. The van der Waals surface area contributed by atoms with Crippen molar-refractivity contribution in [2.45, 2.75) is 31.5 Å². The van der Waals surface area contributed by atoms with Crippen LogP contribution in [0.25, 0.3) is 11.0 Å². The number of hydrogen-bond acceptors (Lipinski definition) is 4. The van der Waals surface area contributed by atoms with Gasteiger partial charge in [-0.3, -0.25) is 4.21 Å². The maximum absolute atomic E-state index is 12.2. The lowest BCUT2D eigenvalue weighted by Gasteiger charge is -2.41. The molecule has 1 N–H and O–H groups in total. The SMILES string of the molecule is CN(c1ncnc2[nH]ccc12)C1CC(CS(=O)CCC(F)(F)F)C1. The average molecular weight is 360 g/mol. The number of aromatic nitrogens is 3. The van der Waals surface area contributed by atoms with Crippen molar-refractivity contribution in [3.8, 4) is 0 Å². The molecule has 2 aromatic rings. The van der Waals surface area contributed by atoms with E-state index in [-0.39, 0.29) is 17.7 Å². The van der Waals surface area contributed by atoms with E-state index in [1.807, 2.05) is 19.3 Å². The summed E-state index contributed by atoms with van der Waals surface area (Å²) in [5.41, 5.74) is 0.774. The fraction of sp³-hybridized carbons (Fsp3) is 0.600. The number of nitrogens with one attached hydrogen (secondary N) is 1. The van der Waals surface area contributed by atoms with Gasteiger partial charge in [0.15, 0.2) is 0 Å². The number of rotatable bonds is 6. The van der Waals surface area contributed by atoms with Crippen LogP contribution in [-0.2, 0) is 10.8 Å². The molecule has 2 heterocycles. The summed E-state index contributed by atoms with van der Waals surface area (Å²) in [7, 11) is 0.552. The molecule has 0 bridgehead atoms. The molecule has 2 aromatic heterocycles. The Hall–Kier alpha value is -1.64. The normalized spacial score (nSPS) is 22.3. The standard InChI is InChI=1S/C15H19F3N4OS/c1-22(14-12-2-4-19-13(12)20-9-21-14)11-6-10(7-11)8-24(23)5-3-15(16,17)18/h2,4,9-11H,3,5-8H2,1H3,(H,19,20,21). The van der Waals surface area contributed by atoms with Crippen LogP contribution in [0.3, 0.4) is 0 Å². The summed E-state index contributed by atoms with van der Waals surface area (Å²) in [5, 5.41) is 0.942. The van der Waals surface area contributed by atoms with E-state index in [0.29, 0.717) is 5.75 Å². The Kier molecular flexibility index (Phi) is 4.80. The summed E-state index contributed by atoms with van der Waals surface area (Å²) in [4.78, 5) is 13.6. The third-order valence-electron chi connectivity index (χ3n) is 4.46. The molecular formula is C15H19F3N4OS. The van der Waals surface area contributed by atoms with Crippen molar-refractivity contribution in [3.05, 3.63) is 18.6 Å². The van der Waals surface area contributed by atoms with E-state index in [2.05, 4.69) is 19.9 Å². The van der Waals surface area contributed by atoms with Crippen molar-refractivity contribution < 1.29 is 17.4 Å². The van der Waals surface area contributed by atoms with Crippen molar-refractivity contribution in [3.63, 3.8) is 0 Å². The molecule has 1 fully saturated rings. The van der Waals surface area contributed by atoms with E-state index in [1.54, 1.807) is 0 Å². The highest BCUT2D eigenvalue weighted by molar-refractivity contribution is 7.84. The van der Waals surface area contributed by atoms with E-state index < -0.39 is 23.4 Å². The van der Waals surface area contributed by atoms with Crippen LogP contribution in [0.5, 0.6) is 0 Å². The first-order chi connectivity index (χ1) is 11.3. The molecule has 132 valence electrons. The average Bonchev–Trinajstić information content (AvgIpc) is 2.95. The van der Waals surface area contributed by atoms with Crippen LogP contribution in [0.1, 0.15) is 19.3 Å². The topological polar surface area (TPSA) is 61.9 Å². The highest BCUT2D eigenvalue weighted by Gasteiger charge is 2.35. The number of aromatic amines is 1. The van der Waals surface area contributed by atoms with Gasteiger partial charge in [0.25, 0.3) is 0 Å². The minimum Gasteiger partial charge on any atom is -0.356 e. The summed E-state index contributed by atoms with van der Waals surface area (Å²) >= 11 is 0. The Bertz CT molecular complexity index is 727. The second kappa shape index (κ2) is 6.70. The molecule has 1 saturated carbocycles. The predicted octanol–water partition coefficient (Wildman–Crippen LogP) is 2.87. The number of H-pyrrole nitrogens is 1. The molecule has 3 rings (SSSR count). The summed E-state index contributed by atoms with van der Waals surface area (Å²) < 4.78 is 48.2. The Morgan fingerprint density at radius 3 is 2.83 bits per heavy atom. The fourth-order valence-electron chi connectivity index (χ4n) is 3.04. The molecule has 0 aromatic carbocycles. The zero-order valence-electron chi connectivity index (χ0n) is 13.2. The van der Waals surface area contributed by atoms with Gasteiger partial charge in [0.1, 0.15) is 17.8 Å². The Balaban J connectivity index is 1.51. The lowest BCUT2D eigenvalue weighted by molar-refractivity contribution is -0.129. The van der Waals surface area contributed by atoms with Crippen molar-refractivity contribution in [2.24, 2.45) is 5.92 Å². The van der Waals surface area contributed by atoms with Crippen molar-refractivity contribution in [1.82, 2.24) is 15.0 Å². The van der Waals surface area contributed by atoms with Crippen molar-refractivity contribution in [1.29, 1.82) is 0 Å². The first kappa shape index (κ1) is 17.2. The van der Waals surface area contributed by atoms with Crippen LogP contribution in [0, 0.1) is 5.92 Å². The van der Waals surface area contributed by atoms with Gasteiger partial charge in [-0.25, -0.2) is 9.97 Å². The van der Waals surface area contributed by atoms with Gasteiger partial charge >= 0.3 is 6.18 Å². The van der Waals surface area contributed by atoms with E-state index in [9.17, 15) is 17.4 Å². The molecule has 0 spiro atoms. The van der Waals surface area contributed by atoms with E-state index in [0.717, 1.165) is 29.7 Å². The lowest BCUT2D eigenvalue weighted by Crippen LogP contribution is -2.45. The summed E-state index contributed by atoms with van der Waals surface area (Å²) in [5.74, 6) is 1.11. The van der Waals surface area contributed by atoms with Gasteiger partial charge in [0.2, 0.25) is 0 Å². The van der Waals surface area contributed by atoms with Gasteiger partial charge < -0.3 is 9.88 Å². The molecule has 1 aliphatic carbocycles. The van der Waals surface area contributed by atoms with Gasteiger partial charge in [-0.15, -0.1) is 0 Å². The van der Waals surface area contributed by atoms with E-state index in [4.69, 9.17) is 0 Å². The first-order valence-corrected chi connectivity index (χ1v) is 9.25. The largest absolute Gasteiger partial charge is 0.390 e. The summed E-state index contributed by atoms with van der Waals surface area (Å²) in [6.45, 7) is 0. The molecular weight excluding hydrogens is 341 g/mol. The molecule has 0 radical (unpaired) electrons. The van der Waals surface area contributed by atoms with Crippen LogP contribution in [-0.4, -0.2) is 49.9 Å². The molecule has 9 heteroatoms. The van der Waals surface area contributed by atoms with Crippen LogP contribution >= 0.6 is 0 Å². The predicted molar refractivity (Wildman–Crippen MR) is 87.4 cm³/mol. The summed E-state index contributed by atoms with van der Waals surface area (Å²) in [6.07, 6.45) is -0.236. The molecule has 24 heavy (non-hydrogen) atoms. The number of alkyl halides is 3. The maximum Gasteiger partial charge on any atom is 0.390 e. The van der Waals surface area contributed by atoms with Crippen LogP contribution in [0.2, 0.25) is 0 Å². The molecule has 5 nitrogen and oxygen atoms in total. The fourth-order valence-corrected chi connectivity index (χ4v) is 4.47. The molecule has 1 aliphatic rings. The quantitative estimate of drug-likeness (QED) is 0.860. The molecule has 0 saturated heterocycles. The maximum atomic E-state index is 12.2. The number of nitrogens with zero attached hydrogens (tertiary/aromatic N) is 3. The Morgan fingerprint density at radius 2 is 2.12 bits per heavy atom. The molecule has 1 unspecified atom stereocenters. The zero-order chi connectivity index (χ0) is 17.3. The van der Waals surface area contributed by atoms with Crippen LogP contribution in [0.4, 0.5) is 19.0 Å². The van der Waals surface area contributed by atoms with Crippen LogP contribution in [0.15, 0.2) is 18.6 Å². The number of halogens is 3. The summed E-state index contributed by atoms with van der Waals surface area (Å²) in [6, 6.07) is 2.19. The Morgan fingerprint density at radius 1 is 1.38 bits per heavy atom. The molecule has 1 atom stereocenters. The van der Waals surface area contributed by atoms with Gasteiger partial charge in [-0.2, -0.15) is 13.2 Å². The first-order valence-electron chi connectivity index (χ1n) is 7.76. The highest BCUT2D eigenvalue weighted by atomic mass is 32.2. The zero-order valence-corrected chi connectivity index (χ0v) is 14.0. The lowest BCUT2D eigenvalue weighted by atomic mass is 9.81. The van der Waals surface area contributed by atoms with Crippen LogP contribution < -0.4 is 4.90 Å². The van der Waals surface area contributed by atoms with Gasteiger partial charge in [0.05, 0.1) is 11.8 Å². The second-order valence-electron chi connectivity index (χ2n) is 6.22. The number of anilines is 1. The molecule has 0 amide bonds. The van der Waals surface area contributed by atoms with Gasteiger partial charge in [0, 0.05) is 41.6 Å². The van der Waals surface area contributed by atoms with E-state index >= 15 is 0 Å². The smallest absolute Gasteiger partial charge is 0.356 e. The van der Waals surface area contributed by atoms with E-state index in [1.165, 1.54) is 6.33 Å². The van der Waals surface area contributed by atoms with Crippen molar-refractivity contribution >= 4 is 27.7 Å². The minimum atomic E-state index is -4.23. The third-order valence-corrected chi connectivity index (χ3v) is 5.96. The third kappa shape index (κ3) is 3.88.